The van der Waals surface area contributed by atoms with E-state index in [0.29, 0.717) is 17.7 Å². The van der Waals surface area contributed by atoms with Crippen LogP contribution in [-0.2, 0) is 4.79 Å². The average molecular weight is 304 g/mol. The van der Waals surface area contributed by atoms with Crippen LogP contribution in [0.3, 0.4) is 0 Å². The molecule has 1 saturated heterocycles. The van der Waals surface area contributed by atoms with E-state index in [4.69, 9.17) is 4.74 Å². The zero-order valence-corrected chi connectivity index (χ0v) is 13.2. The summed E-state index contributed by atoms with van der Waals surface area (Å²) in [5, 5.41) is 0. The number of carbonyl (C=O) groups excluding carboxylic acids is 1. The summed E-state index contributed by atoms with van der Waals surface area (Å²) in [6, 6.07) is 1.74. The van der Waals surface area contributed by atoms with Crippen LogP contribution in [0.15, 0.2) is 12.3 Å². The predicted molar refractivity (Wildman–Crippen MR) is 84.0 cm³/mol. The number of carbonyl (C=O) groups is 1. The first kappa shape index (κ1) is 15.1. The van der Waals surface area contributed by atoms with E-state index in [1.807, 2.05) is 4.90 Å². The number of hydrogen-bond acceptors (Lipinski definition) is 5. The Hall–Kier alpha value is -1.85. The van der Waals surface area contributed by atoms with Gasteiger partial charge in [-0.3, -0.25) is 4.79 Å². The first-order chi connectivity index (χ1) is 10.8. The third kappa shape index (κ3) is 3.31. The third-order valence-corrected chi connectivity index (χ3v) is 4.66. The number of anilines is 1. The van der Waals surface area contributed by atoms with Gasteiger partial charge in [0.25, 0.3) is 0 Å². The lowest BCUT2D eigenvalue weighted by Gasteiger charge is -2.37. The molecule has 3 rings (SSSR count). The molecule has 0 unspecified atom stereocenters. The fourth-order valence-electron chi connectivity index (χ4n) is 3.33. The topological polar surface area (TPSA) is 58.6 Å². The van der Waals surface area contributed by atoms with Crippen molar-refractivity contribution in [2.75, 3.05) is 38.2 Å². The molecule has 1 saturated carbocycles. The maximum absolute atomic E-state index is 12.6. The van der Waals surface area contributed by atoms with E-state index >= 15 is 0 Å². The quantitative estimate of drug-likeness (QED) is 0.851. The fourth-order valence-corrected chi connectivity index (χ4v) is 3.33. The second kappa shape index (κ2) is 6.94. The predicted octanol–water partition coefficient (Wildman–Crippen LogP) is 1.71. The molecule has 2 fully saturated rings. The Morgan fingerprint density at radius 2 is 1.91 bits per heavy atom. The Kier molecular flexibility index (Phi) is 4.75. The van der Waals surface area contributed by atoms with E-state index < -0.39 is 0 Å². The summed E-state index contributed by atoms with van der Waals surface area (Å²) < 4.78 is 5.14. The normalized spacial score (nSPS) is 20.0. The summed E-state index contributed by atoms with van der Waals surface area (Å²) in [6.07, 6.45) is 7.53. The molecule has 0 aromatic carbocycles. The molecule has 0 atom stereocenters. The lowest BCUT2D eigenvalue weighted by molar-refractivity contribution is -0.136. The van der Waals surface area contributed by atoms with Gasteiger partial charge in [-0.1, -0.05) is 19.3 Å². The fraction of sp³-hybridized carbons (Fsp3) is 0.688. The van der Waals surface area contributed by atoms with E-state index in [1.165, 1.54) is 19.3 Å². The minimum absolute atomic E-state index is 0.258. The van der Waals surface area contributed by atoms with E-state index in [0.717, 1.165) is 39.0 Å². The zero-order valence-electron chi connectivity index (χ0n) is 13.2. The van der Waals surface area contributed by atoms with Crippen molar-refractivity contribution in [2.24, 2.45) is 5.92 Å². The number of amides is 1. The molecular formula is C16H24N4O2. The van der Waals surface area contributed by atoms with Crippen LogP contribution in [0.5, 0.6) is 5.88 Å². The molecule has 1 aromatic rings. The summed E-state index contributed by atoms with van der Waals surface area (Å²) in [5.74, 6) is 1.87. The molecule has 1 aromatic heterocycles. The number of methoxy groups -OCH3 is 1. The van der Waals surface area contributed by atoms with Crippen molar-refractivity contribution >= 4 is 11.9 Å². The first-order valence-corrected chi connectivity index (χ1v) is 8.18. The van der Waals surface area contributed by atoms with Gasteiger partial charge in [0.05, 0.1) is 7.11 Å². The van der Waals surface area contributed by atoms with E-state index in [2.05, 4.69) is 14.9 Å². The van der Waals surface area contributed by atoms with Crippen LogP contribution in [0, 0.1) is 5.92 Å². The second-order valence-corrected chi connectivity index (χ2v) is 6.05. The molecule has 6 nitrogen and oxygen atoms in total. The summed E-state index contributed by atoms with van der Waals surface area (Å²) in [4.78, 5) is 25.4. The number of piperazine rings is 1. The Balaban J connectivity index is 1.56. The largest absolute Gasteiger partial charge is 0.481 e. The number of nitrogens with zero attached hydrogens (tertiary/aromatic N) is 4. The molecule has 0 spiro atoms. The number of ether oxygens (including phenoxy) is 1. The highest BCUT2D eigenvalue weighted by molar-refractivity contribution is 5.79. The summed E-state index contributed by atoms with van der Waals surface area (Å²) in [5.41, 5.74) is 0. The van der Waals surface area contributed by atoms with E-state index in [-0.39, 0.29) is 5.92 Å². The number of rotatable bonds is 3. The van der Waals surface area contributed by atoms with Gasteiger partial charge in [-0.2, -0.15) is 4.98 Å². The van der Waals surface area contributed by atoms with E-state index in [1.54, 1.807) is 19.4 Å². The second-order valence-electron chi connectivity index (χ2n) is 6.05. The van der Waals surface area contributed by atoms with Crippen LogP contribution in [0.2, 0.25) is 0 Å². The van der Waals surface area contributed by atoms with Crippen molar-refractivity contribution in [1.29, 1.82) is 0 Å². The monoisotopic (exact) mass is 304 g/mol. The average Bonchev–Trinajstić information content (AvgIpc) is 2.62. The molecule has 1 aliphatic heterocycles. The van der Waals surface area contributed by atoms with Crippen LogP contribution < -0.4 is 9.64 Å². The SMILES string of the molecule is COc1ccnc(N2CCN(C(=O)C3CCCCC3)CC2)n1. The van der Waals surface area contributed by atoms with Crippen LogP contribution in [-0.4, -0.2) is 54.1 Å². The molecule has 6 heteroatoms. The highest BCUT2D eigenvalue weighted by atomic mass is 16.5. The minimum Gasteiger partial charge on any atom is -0.481 e. The van der Waals surface area contributed by atoms with Crippen LogP contribution in [0.25, 0.3) is 0 Å². The van der Waals surface area contributed by atoms with Crippen molar-refractivity contribution < 1.29 is 9.53 Å². The van der Waals surface area contributed by atoms with Crippen molar-refractivity contribution in [1.82, 2.24) is 14.9 Å². The Bertz CT molecular complexity index is 509. The Labute approximate surface area is 131 Å². The third-order valence-electron chi connectivity index (χ3n) is 4.66. The standard InChI is InChI=1S/C16H24N4O2/c1-22-14-7-8-17-16(18-14)20-11-9-19(10-12-20)15(21)13-5-3-2-4-6-13/h7-8,13H,2-6,9-12H2,1H3. The van der Waals surface area contributed by atoms with E-state index in [9.17, 15) is 4.79 Å². The van der Waals surface area contributed by atoms with Gasteiger partial charge in [-0.25, -0.2) is 4.98 Å². The first-order valence-electron chi connectivity index (χ1n) is 8.18. The lowest BCUT2D eigenvalue weighted by atomic mass is 9.88. The van der Waals surface area contributed by atoms with Crippen molar-refractivity contribution in [2.45, 2.75) is 32.1 Å². The molecule has 120 valence electrons. The van der Waals surface area contributed by atoms with Gasteiger partial charge in [-0.15, -0.1) is 0 Å². The molecular weight excluding hydrogens is 280 g/mol. The van der Waals surface area contributed by atoms with Gasteiger partial charge in [0, 0.05) is 44.4 Å². The number of hydrogen-bond donors (Lipinski definition) is 0. The Morgan fingerprint density at radius 1 is 1.18 bits per heavy atom. The van der Waals surface area contributed by atoms with Crippen molar-refractivity contribution in [3.63, 3.8) is 0 Å². The molecule has 1 aliphatic carbocycles. The van der Waals surface area contributed by atoms with Gasteiger partial charge >= 0.3 is 0 Å². The Morgan fingerprint density at radius 3 is 2.59 bits per heavy atom. The molecule has 2 aliphatic rings. The van der Waals surface area contributed by atoms with Gasteiger partial charge in [-0.05, 0) is 12.8 Å². The summed E-state index contributed by atoms with van der Waals surface area (Å²) in [6.45, 7) is 3.09. The molecule has 0 bridgehead atoms. The van der Waals surface area contributed by atoms with Crippen LogP contribution in [0.4, 0.5) is 5.95 Å². The molecule has 2 heterocycles. The molecule has 1 amide bonds. The maximum atomic E-state index is 12.6. The highest BCUT2D eigenvalue weighted by Crippen LogP contribution is 2.26. The minimum atomic E-state index is 0.258. The highest BCUT2D eigenvalue weighted by Gasteiger charge is 2.29. The van der Waals surface area contributed by atoms with Gasteiger partial charge < -0.3 is 14.5 Å². The van der Waals surface area contributed by atoms with Crippen molar-refractivity contribution in [3.8, 4) is 5.88 Å². The summed E-state index contributed by atoms with van der Waals surface area (Å²) in [7, 11) is 1.60. The van der Waals surface area contributed by atoms with Gasteiger partial charge in [0.1, 0.15) is 0 Å². The zero-order chi connectivity index (χ0) is 15.4. The lowest BCUT2D eigenvalue weighted by Crippen LogP contribution is -2.51. The number of aromatic nitrogens is 2. The van der Waals surface area contributed by atoms with Crippen LogP contribution >= 0.6 is 0 Å². The van der Waals surface area contributed by atoms with Gasteiger partial charge in [0.15, 0.2) is 0 Å². The maximum Gasteiger partial charge on any atom is 0.228 e. The smallest absolute Gasteiger partial charge is 0.228 e. The van der Waals surface area contributed by atoms with Crippen LogP contribution in [0.1, 0.15) is 32.1 Å². The van der Waals surface area contributed by atoms with Crippen molar-refractivity contribution in [3.05, 3.63) is 12.3 Å². The molecule has 22 heavy (non-hydrogen) atoms. The summed E-state index contributed by atoms with van der Waals surface area (Å²) >= 11 is 0. The van der Waals surface area contributed by atoms with Gasteiger partial charge in [0.2, 0.25) is 17.7 Å². The molecule has 0 radical (unpaired) electrons. The molecule has 0 N–H and O–H groups in total.